The predicted molar refractivity (Wildman–Crippen MR) is 67.7 cm³/mol. The van der Waals surface area contributed by atoms with Crippen molar-refractivity contribution in [1.82, 2.24) is 0 Å². The minimum atomic E-state index is -0.979. The second kappa shape index (κ2) is 5.96. The Labute approximate surface area is 114 Å². The van der Waals surface area contributed by atoms with E-state index in [1.165, 1.54) is 31.2 Å². The molecule has 0 saturated carbocycles. The van der Waals surface area contributed by atoms with Crippen LogP contribution in [0.1, 0.15) is 24.2 Å². The van der Waals surface area contributed by atoms with Crippen LogP contribution < -0.4 is 4.74 Å². The van der Waals surface area contributed by atoms with E-state index in [0.717, 1.165) is 12.1 Å². The topological polar surface area (TPSA) is 29.5 Å². The normalized spacial score (nSPS) is 12.2. The van der Waals surface area contributed by atoms with E-state index in [1.54, 1.807) is 0 Å². The standard InChI is InChI=1S/C15H13F3O2/c1-9(19)12-7-11(16)5-6-14(12)20-8-10-3-2-4-13(17)15(10)18/h2-7,9,19H,8H2,1H3. The number of aliphatic hydroxyl groups excluding tert-OH is 1. The highest BCUT2D eigenvalue weighted by Crippen LogP contribution is 2.27. The van der Waals surface area contributed by atoms with Crippen molar-refractivity contribution >= 4 is 0 Å². The maximum atomic E-state index is 13.5. The number of hydrogen-bond donors (Lipinski definition) is 1. The lowest BCUT2D eigenvalue weighted by Gasteiger charge is -2.14. The zero-order chi connectivity index (χ0) is 14.7. The molecule has 106 valence electrons. The summed E-state index contributed by atoms with van der Waals surface area (Å²) in [6, 6.07) is 7.43. The summed E-state index contributed by atoms with van der Waals surface area (Å²) in [5, 5.41) is 9.54. The molecule has 1 atom stereocenters. The van der Waals surface area contributed by atoms with E-state index >= 15 is 0 Å². The quantitative estimate of drug-likeness (QED) is 0.925. The van der Waals surface area contributed by atoms with E-state index in [2.05, 4.69) is 0 Å². The lowest BCUT2D eigenvalue weighted by Crippen LogP contribution is -2.04. The maximum Gasteiger partial charge on any atom is 0.165 e. The lowest BCUT2D eigenvalue weighted by molar-refractivity contribution is 0.189. The van der Waals surface area contributed by atoms with Crippen LogP contribution in [0.25, 0.3) is 0 Å². The number of hydrogen-bond acceptors (Lipinski definition) is 2. The summed E-state index contributed by atoms with van der Waals surface area (Å²) in [5.74, 6) is -2.22. The van der Waals surface area contributed by atoms with E-state index in [-0.39, 0.29) is 23.5 Å². The van der Waals surface area contributed by atoms with Crippen molar-refractivity contribution < 1.29 is 23.0 Å². The molecular weight excluding hydrogens is 269 g/mol. The molecule has 0 spiro atoms. The molecule has 1 unspecified atom stereocenters. The summed E-state index contributed by atoms with van der Waals surface area (Å²) < 4.78 is 45.0. The minimum Gasteiger partial charge on any atom is -0.488 e. The van der Waals surface area contributed by atoms with Gasteiger partial charge in [0, 0.05) is 11.1 Å². The van der Waals surface area contributed by atoms with Gasteiger partial charge in [0.2, 0.25) is 0 Å². The molecule has 0 aliphatic heterocycles. The van der Waals surface area contributed by atoms with Crippen molar-refractivity contribution in [2.45, 2.75) is 19.6 Å². The molecule has 0 aromatic heterocycles. The highest BCUT2D eigenvalue weighted by molar-refractivity contribution is 5.35. The first-order valence-electron chi connectivity index (χ1n) is 6.02. The second-order valence-corrected chi connectivity index (χ2v) is 4.36. The van der Waals surface area contributed by atoms with Crippen molar-refractivity contribution in [2.24, 2.45) is 0 Å². The molecular formula is C15H13F3O2. The van der Waals surface area contributed by atoms with Gasteiger partial charge in [-0.3, -0.25) is 0 Å². The molecule has 1 N–H and O–H groups in total. The molecule has 0 fully saturated rings. The molecule has 0 aliphatic rings. The van der Waals surface area contributed by atoms with E-state index in [9.17, 15) is 18.3 Å². The zero-order valence-electron chi connectivity index (χ0n) is 10.7. The fourth-order valence-corrected chi connectivity index (χ4v) is 1.79. The number of benzene rings is 2. The Hall–Kier alpha value is -2.01. The van der Waals surface area contributed by atoms with Gasteiger partial charge in [0.15, 0.2) is 11.6 Å². The second-order valence-electron chi connectivity index (χ2n) is 4.36. The van der Waals surface area contributed by atoms with Crippen LogP contribution in [-0.4, -0.2) is 5.11 Å². The van der Waals surface area contributed by atoms with Gasteiger partial charge in [0.05, 0.1) is 6.10 Å². The molecule has 2 rings (SSSR count). The Balaban J connectivity index is 2.21. The third-order valence-electron chi connectivity index (χ3n) is 2.84. The summed E-state index contributed by atoms with van der Waals surface area (Å²) >= 11 is 0. The van der Waals surface area contributed by atoms with Gasteiger partial charge >= 0.3 is 0 Å². The first kappa shape index (κ1) is 14.4. The fraction of sp³-hybridized carbons (Fsp3) is 0.200. The lowest BCUT2D eigenvalue weighted by atomic mass is 10.1. The first-order chi connectivity index (χ1) is 9.49. The summed E-state index contributed by atoms with van der Waals surface area (Å²) in [5.41, 5.74) is 0.299. The summed E-state index contributed by atoms with van der Waals surface area (Å²) in [6.45, 7) is 1.25. The van der Waals surface area contributed by atoms with Gasteiger partial charge in [-0.1, -0.05) is 12.1 Å². The van der Waals surface area contributed by atoms with Crippen molar-refractivity contribution in [3.05, 3.63) is 65.0 Å². The van der Waals surface area contributed by atoms with Gasteiger partial charge in [-0.05, 0) is 31.2 Å². The molecule has 2 aromatic rings. The van der Waals surface area contributed by atoms with Gasteiger partial charge in [0.1, 0.15) is 18.2 Å². The van der Waals surface area contributed by atoms with Crippen LogP contribution >= 0.6 is 0 Å². The number of rotatable bonds is 4. The van der Waals surface area contributed by atoms with Gasteiger partial charge in [-0.25, -0.2) is 13.2 Å². The Bertz CT molecular complexity index is 612. The van der Waals surface area contributed by atoms with Gasteiger partial charge in [0.25, 0.3) is 0 Å². The van der Waals surface area contributed by atoms with Crippen molar-refractivity contribution in [3.8, 4) is 5.75 Å². The number of halogens is 3. The van der Waals surface area contributed by atoms with E-state index in [0.29, 0.717) is 0 Å². The molecule has 0 radical (unpaired) electrons. The average molecular weight is 282 g/mol. The Kier molecular flexibility index (Phi) is 4.29. The third-order valence-corrected chi connectivity index (χ3v) is 2.84. The van der Waals surface area contributed by atoms with Crippen molar-refractivity contribution in [1.29, 1.82) is 0 Å². The van der Waals surface area contributed by atoms with E-state index in [4.69, 9.17) is 4.74 Å². The summed E-state index contributed by atoms with van der Waals surface area (Å²) in [4.78, 5) is 0. The molecule has 2 aromatic carbocycles. The van der Waals surface area contributed by atoms with E-state index in [1.807, 2.05) is 0 Å². The fourth-order valence-electron chi connectivity index (χ4n) is 1.79. The van der Waals surface area contributed by atoms with Crippen LogP contribution in [0.15, 0.2) is 36.4 Å². The molecule has 2 nitrogen and oxygen atoms in total. The maximum absolute atomic E-state index is 13.5. The minimum absolute atomic E-state index is 0.0471. The Morgan fingerprint density at radius 1 is 1.15 bits per heavy atom. The highest BCUT2D eigenvalue weighted by atomic mass is 19.2. The van der Waals surface area contributed by atoms with Gasteiger partial charge < -0.3 is 9.84 Å². The highest BCUT2D eigenvalue weighted by Gasteiger charge is 2.13. The average Bonchev–Trinajstić information content (AvgIpc) is 2.41. The number of aliphatic hydroxyl groups is 1. The molecule has 20 heavy (non-hydrogen) atoms. The molecule has 0 saturated heterocycles. The molecule has 5 heteroatoms. The van der Waals surface area contributed by atoms with Crippen LogP contribution in [-0.2, 0) is 6.61 Å². The molecule has 0 bridgehead atoms. The largest absolute Gasteiger partial charge is 0.488 e. The molecule has 0 aliphatic carbocycles. The predicted octanol–water partition coefficient (Wildman–Crippen LogP) is 3.74. The monoisotopic (exact) mass is 282 g/mol. The zero-order valence-corrected chi connectivity index (χ0v) is 10.7. The smallest absolute Gasteiger partial charge is 0.165 e. The van der Waals surface area contributed by atoms with Crippen LogP contribution in [0, 0.1) is 17.5 Å². The van der Waals surface area contributed by atoms with Gasteiger partial charge in [-0.2, -0.15) is 0 Å². The Morgan fingerprint density at radius 2 is 1.90 bits per heavy atom. The molecule has 0 amide bonds. The van der Waals surface area contributed by atoms with Gasteiger partial charge in [-0.15, -0.1) is 0 Å². The van der Waals surface area contributed by atoms with Crippen molar-refractivity contribution in [3.63, 3.8) is 0 Å². The van der Waals surface area contributed by atoms with Crippen LogP contribution in [0.3, 0.4) is 0 Å². The van der Waals surface area contributed by atoms with E-state index < -0.39 is 23.6 Å². The summed E-state index contributed by atoms with van der Waals surface area (Å²) in [7, 11) is 0. The molecule has 0 heterocycles. The summed E-state index contributed by atoms with van der Waals surface area (Å²) in [6.07, 6.45) is -0.932. The first-order valence-corrected chi connectivity index (χ1v) is 6.02. The van der Waals surface area contributed by atoms with Crippen molar-refractivity contribution in [2.75, 3.05) is 0 Å². The number of ether oxygens (including phenoxy) is 1. The third kappa shape index (κ3) is 3.11. The Morgan fingerprint density at radius 3 is 2.60 bits per heavy atom. The van der Waals surface area contributed by atoms with Crippen LogP contribution in [0.4, 0.5) is 13.2 Å². The SMILES string of the molecule is CC(O)c1cc(F)ccc1OCc1cccc(F)c1F. The van der Waals surface area contributed by atoms with Crippen LogP contribution in [0.2, 0.25) is 0 Å². The van der Waals surface area contributed by atoms with Crippen LogP contribution in [0.5, 0.6) is 5.75 Å².